The average Bonchev–Trinajstić information content (AvgIpc) is 2.48. The predicted molar refractivity (Wildman–Crippen MR) is 89.4 cm³/mol. The van der Waals surface area contributed by atoms with Gasteiger partial charge in [0.1, 0.15) is 11.4 Å². The molecular formula is C17H20BrFN2O2. The average molecular weight is 383 g/mol. The second-order valence-electron chi connectivity index (χ2n) is 6.73. The maximum atomic E-state index is 13.6. The van der Waals surface area contributed by atoms with Gasteiger partial charge in [0.2, 0.25) is 0 Å². The van der Waals surface area contributed by atoms with Crippen LogP contribution in [-0.4, -0.2) is 29.7 Å². The Kier molecular flexibility index (Phi) is 5.00. The van der Waals surface area contributed by atoms with Gasteiger partial charge < -0.3 is 14.5 Å². The highest BCUT2D eigenvalue weighted by molar-refractivity contribution is 9.10. The second kappa shape index (κ2) is 6.48. The highest BCUT2D eigenvalue weighted by atomic mass is 79.9. The molecule has 0 N–H and O–H groups in total. The molecule has 0 aromatic heterocycles. The van der Waals surface area contributed by atoms with Crippen molar-refractivity contribution in [3.63, 3.8) is 0 Å². The third kappa shape index (κ3) is 4.03. The van der Waals surface area contributed by atoms with E-state index in [0.717, 1.165) is 4.47 Å². The van der Waals surface area contributed by atoms with Gasteiger partial charge in [-0.2, -0.15) is 0 Å². The lowest BCUT2D eigenvalue weighted by Crippen LogP contribution is -2.45. The highest BCUT2D eigenvalue weighted by Gasteiger charge is 2.45. The Morgan fingerprint density at radius 1 is 1.39 bits per heavy atom. The summed E-state index contributed by atoms with van der Waals surface area (Å²) in [6.07, 6.45) is 0.546. The van der Waals surface area contributed by atoms with Gasteiger partial charge >= 0.3 is 6.09 Å². The minimum Gasteiger partial charge on any atom is -0.444 e. The summed E-state index contributed by atoms with van der Waals surface area (Å²) in [5, 5.41) is 0. The van der Waals surface area contributed by atoms with Crippen molar-refractivity contribution in [3.8, 4) is 0 Å². The molecule has 0 atom stereocenters. The fourth-order valence-electron chi connectivity index (χ4n) is 2.68. The maximum Gasteiger partial charge on any atom is 0.410 e. The van der Waals surface area contributed by atoms with Gasteiger partial charge in [-0.1, -0.05) is 15.9 Å². The Balaban J connectivity index is 2.16. The van der Waals surface area contributed by atoms with Crippen LogP contribution in [0.5, 0.6) is 0 Å². The summed E-state index contributed by atoms with van der Waals surface area (Å²) in [5.74, 6) is -0.360. The Morgan fingerprint density at radius 3 is 2.52 bits per heavy atom. The molecule has 0 saturated carbocycles. The van der Waals surface area contributed by atoms with Crippen molar-refractivity contribution in [2.45, 2.75) is 44.8 Å². The number of hydrogen-bond acceptors (Lipinski definition) is 2. The molecule has 124 valence electrons. The lowest BCUT2D eigenvalue weighted by Gasteiger charge is -2.35. The topological polar surface area (TPSA) is 33.9 Å². The quantitative estimate of drug-likeness (QED) is 0.657. The minimum atomic E-state index is -0.806. The molecule has 1 aromatic carbocycles. The molecule has 0 bridgehead atoms. The van der Waals surface area contributed by atoms with Gasteiger partial charge in [-0.25, -0.2) is 15.8 Å². The number of piperidine rings is 1. The molecule has 6 heteroatoms. The number of halogens is 2. The third-order valence-electron chi connectivity index (χ3n) is 3.89. The smallest absolute Gasteiger partial charge is 0.410 e. The zero-order chi connectivity index (χ0) is 17.3. The van der Waals surface area contributed by atoms with Crippen LogP contribution in [0.2, 0.25) is 0 Å². The van der Waals surface area contributed by atoms with E-state index in [4.69, 9.17) is 11.3 Å². The third-order valence-corrected chi connectivity index (χ3v) is 4.58. The van der Waals surface area contributed by atoms with Gasteiger partial charge in [0, 0.05) is 30.4 Å². The van der Waals surface area contributed by atoms with Crippen molar-refractivity contribution in [1.29, 1.82) is 0 Å². The van der Waals surface area contributed by atoms with Gasteiger partial charge in [-0.05, 0) is 39.0 Å². The van der Waals surface area contributed by atoms with Crippen LogP contribution in [0.15, 0.2) is 22.7 Å². The van der Waals surface area contributed by atoms with Crippen molar-refractivity contribution >= 4 is 22.0 Å². The van der Waals surface area contributed by atoms with Crippen LogP contribution in [0, 0.1) is 12.4 Å². The number of benzene rings is 1. The summed E-state index contributed by atoms with van der Waals surface area (Å²) in [6.45, 7) is 13.9. The summed E-state index contributed by atoms with van der Waals surface area (Å²) in [4.78, 5) is 17.5. The summed E-state index contributed by atoms with van der Waals surface area (Å²) in [5.41, 5.74) is -0.701. The molecular weight excluding hydrogens is 363 g/mol. The van der Waals surface area contributed by atoms with E-state index in [1.807, 2.05) is 20.8 Å². The standard InChI is InChI=1S/C17H20BrFN2O2/c1-16(2,3)23-15(22)21-9-7-17(20-4,8-10-21)13-11-12(19)5-6-14(13)18/h5-6,11H,7-10H2,1-3H3. The van der Waals surface area contributed by atoms with Crippen LogP contribution in [0.25, 0.3) is 4.85 Å². The van der Waals surface area contributed by atoms with Gasteiger partial charge in [0.25, 0.3) is 5.54 Å². The zero-order valence-electron chi connectivity index (χ0n) is 13.5. The van der Waals surface area contributed by atoms with E-state index in [1.165, 1.54) is 12.1 Å². The van der Waals surface area contributed by atoms with E-state index in [9.17, 15) is 9.18 Å². The molecule has 1 aromatic rings. The number of hydrogen-bond donors (Lipinski definition) is 0. The van der Waals surface area contributed by atoms with Crippen LogP contribution in [0.3, 0.4) is 0 Å². The van der Waals surface area contributed by atoms with Gasteiger partial charge in [0.05, 0.1) is 5.56 Å². The fourth-order valence-corrected chi connectivity index (χ4v) is 3.30. The van der Waals surface area contributed by atoms with Crippen molar-refractivity contribution in [1.82, 2.24) is 4.90 Å². The summed E-state index contributed by atoms with van der Waals surface area (Å²) >= 11 is 3.41. The van der Waals surface area contributed by atoms with E-state index in [0.29, 0.717) is 31.5 Å². The van der Waals surface area contributed by atoms with Crippen LogP contribution in [0.4, 0.5) is 9.18 Å². The van der Waals surface area contributed by atoms with Crippen molar-refractivity contribution in [3.05, 3.63) is 45.5 Å². The number of rotatable bonds is 1. The molecule has 1 saturated heterocycles. The molecule has 4 nitrogen and oxygen atoms in total. The molecule has 1 fully saturated rings. The predicted octanol–water partition coefficient (Wildman–Crippen LogP) is 4.73. The number of ether oxygens (including phenoxy) is 1. The second-order valence-corrected chi connectivity index (χ2v) is 7.59. The van der Waals surface area contributed by atoms with E-state index in [-0.39, 0.29) is 11.9 Å². The monoisotopic (exact) mass is 382 g/mol. The number of nitrogens with zero attached hydrogens (tertiary/aromatic N) is 2. The molecule has 1 amide bonds. The largest absolute Gasteiger partial charge is 0.444 e. The Bertz CT molecular complexity index is 641. The summed E-state index contributed by atoms with van der Waals surface area (Å²) < 4.78 is 19.7. The van der Waals surface area contributed by atoms with Crippen LogP contribution in [-0.2, 0) is 10.3 Å². The first-order valence-electron chi connectivity index (χ1n) is 7.49. The number of carbonyl (C=O) groups is 1. The first-order chi connectivity index (χ1) is 10.7. The van der Waals surface area contributed by atoms with Crippen LogP contribution >= 0.6 is 15.9 Å². The molecule has 1 aliphatic rings. The van der Waals surface area contributed by atoms with E-state index < -0.39 is 11.1 Å². The molecule has 2 rings (SSSR count). The summed E-state index contributed by atoms with van der Waals surface area (Å²) in [7, 11) is 0. The van der Waals surface area contributed by atoms with Crippen LogP contribution in [0.1, 0.15) is 39.2 Å². The highest BCUT2D eigenvalue weighted by Crippen LogP contribution is 2.41. The lowest BCUT2D eigenvalue weighted by atomic mass is 9.81. The Hall–Kier alpha value is -1.61. The molecule has 23 heavy (non-hydrogen) atoms. The SMILES string of the molecule is [C-]#[N+]C1(c2cc(F)ccc2Br)CCN(C(=O)OC(C)(C)C)CC1. The molecule has 0 unspecified atom stereocenters. The summed E-state index contributed by atoms with van der Waals surface area (Å²) in [6, 6.07) is 4.39. The van der Waals surface area contributed by atoms with E-state index >= 15 is 0 Å². The van der Waals surface area contributed by atoms with Gasteiger partial charge in [-0.15, -0.1) is 0 Å². The molecule has 0 radical (unpaired) electrons. The van der Waals surface area contributed by atoms with Crippen molar-refractivity contribution < 1.29 is 13.9 Å². The Labute approximate surface area is 144 Å². The zero-order valence-corrected chi connectivity index (χ0v) is 15.1. The molecule has 0 aliphatic carbocycles. The van der Waals surface area contributed by atoms with Crippen LogP contribution < -0.4 is 0 Å². The maximum absolute atomic E-state index is 13.6. The van der Waals surface area contributed by atoms with Crippen molar-refractivity contribution in [2.75, 3.05) is 13.1 Å². The normalized spacial score (nSPS) is 17.5. The Morgan fingerprint density at radius 2 is 2.00 bits per heavy atom. The van der Waals surface area contributed by atoms with Gasteiger partial charge in [-0.3, -0.25) is 0 Å². The number of carbonyl (C=O) groups excluding carboxylic acids is 1. The van der Waals surface area contributed by atoms with Crippen molar-refractivity contribution in [2.24, 2.45) is 0 Å². The van der Waals surface area contributed by atoms with E-state index in [1.54, 1.807) is 11.0 Å². The van der Waals surface area contributed by atoms with E-state index in [2.05, 4.69) is 20.8 Å². The number of amides is 1. The fraction of sp³-hybridized carbons (Fsp3) is 0.529. The first kappa shape index (κ1) is 17.7. The number of likely N-dealkylation sites (tertiary alicyclic amines) is 1. The molecule has 0 spiro atoms. The lowest BCUT2D eigenvalue weighted by molar-refractivity contribution is 0.0181. The first-order valence-corrected chi connectivity index (χ1v) is 8.28. The van der Waals surface area contributed by atoms with Gasteiger partial charge in [0.15, 0.2) is 0 Å². The minimum absolute atomic E-state index is 0.360. The molecule has 1 aliphatic heterocycles. The molecule has 1 heterocycles.